The van der Waals surface area contributed by atoms with Crippen molar-refractivity contribution in [1.82, 2.24) is 10.6 Å². The summed E-state index contributed by atoms with van der Waals surface area (Å²) < 4.78 is 0. The number of hydrogen-bond acceptors (Lipinski definition) is 4. The molecule has 1 fully saturated rings. The van der Waals surface area contributed by atoms with E-state index < -0.39 is 30.0 Å². The molecule has 0 aromatic heterocycles. The van der Waals surface area contributed by atoms with E-state index >= 15 is 0 Å². The van der Waals surface area contributed by atoms with Crippen LogP contribution in [0.3, 0.4) is 0 Å². The molecule has 0 bridgehead atoms. The summed E-state index contributed by atoms with van der Waals surface area (Å²) >= 11 is 0. The number of guanidine groups is 1. The van der Waals surface area contributed by atoms with E-state index in [1.807, 2.05) is 0 Å². The zero-order valence-electron chi connectivity index (χ0n) is 14.6. The Hall–Kier alpha value is -1.83. The van der Waals surface area contributed by atoms with Gasteiger partial charge in [-0.25, -0.2) is 0 Å². The predicted octanol–water partition coefficient (Wildman–Crippen LogP) is 0.251. The van der Waals surface area contributed by atoms with Gasteiger partial charge in [0.05, 0.1) is 12.0 Å². The zero-order valence-corrected chi connectivity index (χ0v) is 14.6. The van der Waals surface area contributed by atoms with Crippen LogP contribution < -0.4 is 16.4 Å². The van der Waals surface area contributed by atoms with Crippen molar-refractivity contribution in [3.8, 4) is 0 Å². The number of carbonyl (C=O) groups is 2. The molecule has 0 radical (unpaired) electrons. The Morgan fingerprint density at radius 3 is 2.33 bits per heavy atom. The van der Waals surface area contributed by atoms with E-state index in [9.17, 15) is 19.8 Å². The Balaban J connectivity index is 3.09. The lowest BCUT2D eigenvalue weighted by atomic mass is 9.83. The lowest BCUT2D eigenvalue weighted by Crippen LogP contribution is -2.52. The highest BCUT2D eigenvalue weighted by Gasteiger charge is 2.49. The Bertz CT molecular complexity index is 467. The maximum atomic E-state index is 11.6. The fraction of sp³-hybridized carbons (Fsp3) is 0.812. The van der Waals surface area contributed by atoms with E-state index in [0.29, 0.717) is 12.3 Å². The van der Waals surface area contributed by atoms with Gasteiger partial charge < -0.3 is 26.6 Å². The summed E-state index contributed by atoms with van der Waals surface area (Å²) in [6.07, 6.45) is 1.58. The van der Waals surface area contributed by atoms with Crippen molar-refractivity contribution in [2.45, 2.75) is 64.6 Å². The first-order valence-corrected chi connectivity index (χ1v) is 8.49. The van der Waals surface area contributed by atoms with Crippen molar-refractivity contribution < 1.29 is 19.8 Å². The van der Waals surface area contributed by atoms with Crippen LogP contribution in [-0.2, 0) is 9.59 Å². The molecule has 0 saturated heterocycles. The van der Waals surface area contributed by atoms with Gasteiger partial charge in [0.2, 0.25) is 5.91 Å². The second-order valence-corrected chi connectivity index (χ2v) is 6.64. The van der Waals surface area contributed by atoms with Crippen LogP contribution in [0.1, 0.15) is 46.5 Å². The molecule has 0 aromatic rings. The molecule has 138 valence electrons. The SMILES string of the molecule is CCC(CC)CC(NC(C)=O)C1C(NC(=N)N)CC(C(=O)O)C1O. The van der Waals surface area contributed by atoms with Gasteiger partial charge in [0.15, 0.2) is 5.96 Å². The van der Waals surface area contributed by atoms with E-state index in [0.717, 1.165) is 12.8 Å². The number of amides is 1. The third kappa shape index (κ3) is 5.09. The Kier molecular flexibility index (Phi) is 7.47. The first-order valence-electron chi connectivity index (χ1n) is 8.49. The number of aliphatic carboxylic acids is 1. The van der Waals surface area contributed by atoms with Crippen LogP contribution in [0.4, 0.5) is 0 Å². The first kappa shape index (κ1) is 20.2. The van der Waals surface area contributed by atoms with Gasteiger partial charge in [-0.15, -0.1) is 0 Å². The number of carbonyl (C=O) groups excluding carboxylic acids is 1. The van der Waals surface area contributed by atoms with Crippen molar-refractivity contribution in [3.05, 3.63) is 0 Å². The maximum absolute atomic E-state index is 11.6. The van der Waals surface area contributed by atoms with Crippen molar-refractivity contribution in [2.24, 2.45) is 23.5 Å². The predicted molar refractivity (Wildman–Crippen MR) is 90.4 cm³/mol. The summed E-state index contributed by atoms with van der Waals surface area (Å²) in [6.45, 7) is 5.54. The van der Waals surface area contributed by atoms with Crippen molar-refractivity contribution in [2.75, 3.05) is 0 Å². The largest absolute Gasteiger partial charge is 0.481 e. The number of carboxylic acids is 1. The van der Waals surface area contributed by atoms with Gasteiger partial charge in [-0.05, 0) is 18.8 Å². The molecular formula is C16H30N4O4. The number of aliphatic hydroxyl groups excluding tert-OH is 1. The van der Waals surface area contributed by atoms with E-state index in [1.54, 1.807) is 0 Å². The molecule has 0 aliphatic heterocycles. The molecule has 1 aliphatic rings. The molecule has 7 N–H and O–H groups in total. The summed E-state index contributed by atoms with van der Waals surface area (Å²) in [6, 6.07) is -0.839. The van der Waals surface area contributed by atoms with Gasteiger partial charge in [-0.2, -0.15) is 0 Å². The summed E-state index contributed by atoms with van der Waals surface area (Å²) in [5.74, 6) is -2.67. The van der Waals surface area contributed by atoms with Crippen LogP contribution in [0.25, 0.3) is 0 Å². The molecule has 8 nitrogen and oxygen atoms in total. The average Bonchev–Trinajstić information content (AvgIpc) is 2.79. The fourth-order valence-electron chi connectivity index (χ4n) is 3.75. The highest BCUT2D eigenvalue weighted by atomic mass is 16.4. The van der Waals surface area contributed by atoms with Gasteiger partial charge in [0.25, 0.3) is 0 Å². The van der Waals surface area contributed by atoms with Crippen LogP contribution in [0.5, 0.6) is 0 Å². The lowest BCUT2D eigenvalue weighted by Gasteiger charge is -2.34. The van der Waals surface area contributed by atoms with Crippen LogP contribution in [0, 0.1) is 23.2 Å². The van der Waals surface area contributed by atoms with Crippen molar-refractivity contribution in [3.63, 3.8) is 0 Å². The molecule has 1 amide bonds. The second kappa shape index (κ2) is 8.86. The molecular weight excluding hydrogens is 312 g/mol. The van der Waals surface area contributed by atoms with E-state index in [2.05, 4.69) is 24.5 Å². The summed E-state index contributed by atoms with van der Waals surface area (Å²) in [7, 11) is 0. The number of aliphatic hydroxyl groups is 1. The van der Waals surface area contributed by atoms with Gasteiger partial charge in [-0.3, -0.25) is 15.0 Å². The number of rotatable bonds is 8. The van der Waals surface area contributed by atoms with E-state index in [-0.39, 0.29) is 24.3 Å². The minimum absolute atomic E-state index is 0.166. The summed E-state index contributed by atoms with van der Waals surface area (Å²) in [4.78, 5) is 23.0. The normalized spacial score (nSPS) is 27.7. The minimum Gasteiger partial charge on any atom is -0.481 e. The van der Waals surface area contributed by atoms with Crippen LogP contribution in [0.15, 0.2) is 0 Å². The minimum atomic E-state index is -1.11. The standard InChI is InChI=1S/C16H30N4O4/c1-4-9(5-2)6-11(19-8(3)21)13-12(20-16(17)18)7-10(14(13)22)15(23)24/h9-14,22H,4-7H2,1-3H3,(H,19,21)(H,23,24)(H4,17,18,20). The number of hydrogen-bond donors (Lipinski definition) is 6. The number of nitrogens with one attached hydrogen (secondary N) is 3. The molecule has 5 atom stereocenters. The molecule has 24 heavy (non-hydrogen) atoms. The second-order valence-electron chi connectivity index (χ2n) is 6.64. The fourth-order valence-corrected chi connectivity index (χ4v) is 3.75. The smallest absolute Gasteiger partial charge is 0.309 e. The molecule has 8 heteroatoms. The van der Waals surface area contributed by atoms with Crippen LogP contribution in [0.2, 0.25) is 0 Å². The van der Waals surface area contributed by atoms with Crippen LogP contribution >= 0.6 is 0 Å². The molecule has 0 spiro atoms. The molecule has 0 heterocycles. The molecule has 1 saturated carbocycles. The number of nitrogens with two attached hydrogens (primary N) is 1. The third-order valence-electron chi connectivity index (χ3n) is 5.03. The Labute approximate surface area is 142 Å². The van der Waals surface area contributed by atoms with Crippen LogP contribution in [-0.4, -0.2) is 46.2 Å². The molecule has 1 rings (SSSR count). The topological polar surface area (TPSA) is 149 Å². The molecule has 5 unspecified atom stereocenters. The highest BCUT2D eigenvalue weighted by Crippen LogP contribution is 2.36. The summed E-state index contributed by atoms with van der Waals surface area (Å²) in [5.41, 5.74) is 5.41. The quantitative estimate of drug-likeness (QED) is 0.275. The van der Waals surface area contributed by atoms with Crippen molar-refractivity contribution in [1.29, 1.82) is 5.41 Å². The third-order valence-corrected chi connectivity index (χ3v) is 5.03. The van der Waals surface area contributed by atoms with Gasteiger partial charge in [0, 0.05) is 24.9 Å². The van der Waals surface area contributed by atoms with Gasteiger partial charge in [-0.1, -0.05) is 26.7 Å². The van der Waals surface area contributed by atoms with Gasteiger partial charge in [0.1, 0.15) is 0 Å². The van der Waals surface area contributed by atoms with Crippen molar-refractivity contribution >= 4 is 17.8 Å². The van der Waals surface area contributed by atoms with E-state index in [4.69, 9.17) is 11.1 Å². The molecule has 0 aromatic carbocycles. The molecule has 1 aliphatic carbocycles. The number of carboxylic acid groups (broad SMARTS) is 1. The Morgan fingerprint density at radius 2 is 1.92 bits per heavy atom. The monoisotopic (exact) mass is 342 g/mol. The summed E-state index contributed by atoms with van der Waals surface area (Å²) in [5, 5.41) is 33.0. The zero-order chi connectivity index (χ0) is 18.4. The first-order chi connectivity index (χ1) is 11.2. The van der Waals surface area contributed by atoms with Gasteiger partial charge >= 0.3 is 5.97 Å². The van der Waals surface area contributed by atoms with E-state index in [1.165, 1.54) is 6.92 Å². The average molecular weight is 342 g/mol. The lowest BCUT2D eigenvalue weighted by molar-refractivity contribution is -0.145. The highest BCUT2D eigenvalue weighted by molar-refractivity contribution is 5.76. The maximum Gasteiger partial charge on any atom is 0.309 e. The Morgan fingerprint density at radius 1 is 1.33 bits per heavy atom.